The number of fused-ring (bicyclic) bond motifs is 1. The third-order valence-corrected chi connectivity index (χ3v) is 8.06. The minimum atomic E-state index is -3.76. The van der Waals surface area contributed by atoms with E-state index in [1.807, 2.05) is 0 Å². The molecular formula is C19H18ClN3O5S2. The molecule has 158 valence electrons. The number of rotatable bonds is 4. The Balaban J connectivity index is 1.62. The van der Waals surface area contributed by atoms with Crippen molar-refractivity contribution in [2.24, 2.45) is 7.05 Å². The van der Waals surface area contributed by atoms with Gasteiger partial charge in [-0.2, -0.15) is 4.31 Å². The third-order valence-electron chi connectivity index (χ3n) is 4.84. The number of thiazole rings is 1. The molecule has 0 atom stereocenters. The van der Waals surface area contributed by atoms with E-state index >= 15 is 0 Å². The van der Waals surface area contributed by atoms with Gasteiger partial charge in [-0.1, -0.05) is 22.9 Å². The van der Waals surface area contributed by atoms with Gasteiger partial charge < -0.3 is 14.6 Å². The highest BCUT2D eigenvalue weighted by atomic mass is 35.5. The van der Waals surface area contributed by atoms with Gasteiger partial charge >= 0.3 is 4.87 Å². The molecule has 0 bridgehead atoms. The Kier molecular flexibility index (Phi) is 5.69. The lowest BCUT2D eigenvalue weighted by Gasteiger charge is -2.26. The second-order valence-corrected chi connectivity index (χ2v) is 10.1. The van der Waals surface area contributed by atoms with E-state index in [1.165, 1.54) is 27.1 Å². The van der Waals surface area contributed by atoms with Crippen LogP contribution in [0.5, 0.6) is 0 Å². The zero-order valence-electron chi connectivity index (χ0n) is 15.9. The van der Waals surface area contributed by atoms with Crippen LogP contribution in [0.3, 0.4) is 0 Å². The van der Waals surface area contributed by atoms with Crippen LogP contribution in [0.1, 0.15) is 10.4 Å². The van der Waals surface area contributed by atoms with Crippen molar-refractivity contribution in [3.63, 3.8) is 0 Å². The fourth-order valence-corrected chi connectivity index (χ4v) is 5.74. The van der Waals surface area contributed by atoms with Crippen molar-refractivity contribution >= 4 is 54.8 Å². The molecule has 11 heteroatoms. The SMILES string of the molecule is Cn1c(=O)sc2cc(NC(=O)c3cc(S(=O)(=O)N4CCOCC4)ccc3Cl)ccc21. The van der Waals surface area contributed by atoms with E-state index in [2.05, 4.69) is 5.32 Å². The van der Waals surface area contributed by atoms with Crippen LogP contribution in [0.25, 0.3) is 10.2 Å². The molecule has 0 aliphatic carbocycles. The molecule has 2 heterocycles. The number of ether oxygens (including phenoxy) is 1. The van der Waals surface area contributed by atoms with Crippen molar-refractivity contribution in [2.75, 3.05) is 31.6 Å². The van der Waals surface area contributed by atoms with Crippen molar-refractivity contribution in [3.05, 3.63) is 56.7 Å². The summed E-state index contributed by atoms with van der Waals surface area (Å²) >= 11 is 7.26. The van der Waals surface area contributed by atoms with Gasteiger partial charge in [-0.15, -0.1) is 0 Å². The molecule has 1 aromatic heterocycles. The first-order valence-corrected chi connectivity index (χ1v) is 11.7. The number of carbonyl (C=O) groups excluding carboxylic acids is 1. The summed E-state index contributed by atoms with van der Waals surface area (Å²) in [4.78, 5) is 24.5. The van der Waals surface area contributed by atoms with Crippen molar-refractivity contribution in [1.29, 1.82) is 0 Å². The predicted molar refractivity (Wildman–Crippen MR) is 116 cm³/mol. The second-order valence-electron chi connectivity index (χ2n) is 6.72. The topological polar surface area (TPSA) is 97.7 Å². The number of morpholine rings is 1. The maximum absolute atomic E-state index is 12.9. The molecule has 1 aliphatic rings. The highest BCUT2D eigenvalue weighted by Crippen LogP contribution is 2.26. The molecular weight excluding hydrogens is 450 g/mol. The lowest BCUT2D eigenvalue weighted by Crippen LogP contribution is -2.40. The number of aromatic nitrogens is 1. The van der Waals surface area contributed by atoms with Gasteiger partial charge in [-0.3, -0.25) is 9.59 Å². The lowest BCUT2D eigenvalue weighted by atomic mass is 10.2. The van der Waals surface area contributed by atoms with E-state index in [9.17, 15) is 18.0 Å². The van der Waals surface area contributed by atoms with Crippen LogP contribution in [0, 0.1) is 0 Å². The molecule has 1 saturated heterocycles. The van der Waals surface area contributed by atoms with Crippen molar-refractivity contribution in [3.8, 4) is 0 Å². The molecule has 30 heavy (non-hydrogen) atoms. The standard InChI is InChI=1S/C19H18ClN3O5S2/c1-22-16-5-2-12(10-17(16)29-19(22)25)21-18(24)14-11-13(3-4-15(14)20)30(26,27)23-6-8-28-9-7-23/h2-5,10-11H,6-9H2,1H3,(H,21,24). The second kappa shape index (κ2) is 8.12. The number of anilines is 1. The van der Waals surface area contributed by atoms with Crippen molar-refractivity contribution in [2.45, 2.75) is 4.90 Å². The van der Waals surface area contributed by atoms with Gasteiger partial charge in [-0.25, -0.2) is 8.42 Å². The van der Waals surface area contributed by atoms with E-state index in [-0.39, 0.29) is 33.4 Å². The van der Waals surface area contributed by atoms with Gasteiger partial charge in [0.25, 0.3) is 5.91 Å². The van der Waals surface area contributed by atoms with Gasteiger partial charge in [0.2, 0.25) is 10.0 Å². The average Bonchev–Trinajstić information content (AvgIpc) is 3.02. The van der Waals surface area contributed by atoms with E-state index in [0.29, 0.717) is 18.9 Å². The van der Waals surface area contributed by atoms with E-state index < -0.39 is 15.9 Å². The highest BCUT2D eigenvalue weighted by molar-refractivity contribution is 7.89. The summed E-state index contributed by atoms with van der Waals surface area (Å²) in [6.07, 6.45) is 0. The van der Waals surface area contributed by atoms with Gasteiger partial charge in [-0.05, 0) is 36.4 Å². The summed E-state index contributed by atoms with van der Waals surface area (Å²) in [6, 6.07) is 9.18. The number of carbonyl (C=O) groups is 1. The largest absolute Gasteiger partial charge is 0.379 e. The molecule has 8 nitrogen and oxygen atoms in total. The lowest BCUT2D eigenvalue weighted by molar-refractivity contribution is 0.0730. The summed E-state index contributed by atoms with van der Waals surface area (Å²) in [6.45, 7) is 1.17. The highest BCUT2D eigenvalue weighted by Gasteiger charge is 2.27. The fourth-order valence-electron chi connectivity index (χ4n) is 3.18. The van der Waals surface area contributed by atoms with Crippen LogP contribution in [0.4, 0.5) is 5.69 Å². The Labute approximate surface area is 181 Å². The predicted octanol–water partition coefficient (Wildman–Crippen LogP) is 2.53. The smallest absolute Gasteiger partial charge is 0.307 e. The fraction of sp³-hybridized carbons (Fsp3) is 0.263. The number of aryl methyl sites for hydroxylation is 1. The quantitative estimate of drug-likeness (QED) is 0.635. The molecule has 1 amide bonds. The molecule has 0 saturated carbocycles. The Morgan fingerprint density at radius 3 is 2.63 bits per heavy atom. The van der Waals surface area contributed by atoms with Crippen LogP contribution in [0.15, 0.2) is 46.1 Å². The van der Waals surface area contributed by atoms with E-state index in [0.717, 1.165) is 21.6 Å². The van der Waals surface area contributed by atoms with Crippen LogP contribution in [0.2, 0.25) is 5.02 Å². The zero-order valence-corrected chi connectivity index (χ0v) is 18.3. The van der Waals surface area contributed by atoms with Crippen molar-refractivity contribution in [1.82, 2.24) is 8.87 Å². The van der Waals surface area contributed by atoms with Gasteiger partial charge in [0.1, 0.15) is 0 Å². The molecule has 4 rings (SSSR count). The number of halogens is 1. The molecule has 2 aromatic carbocycles. The molecule has 3 aromatic rings. The van der Waals surface area contributed by atoms with Crippen LogP contribution >= 0.6 is 22.9 Å². The van der Waals surface area contributed by atoms with Gasteiger partial charge in [0.05, 0.1) is 38.9 Å². The Hall–Kier alpha value is -2.24. The average molecular weight is 468 g/mol. The number of sulfonamides is 1. The molecule has 0 unspecified atom stereocenters. The molecule has 0 radical (unpaired) electrons. The summed E-state index contributed by atoms with van der Waals surface area (Å²) in [5.74, 6) is -0.540. The number of hydrogen-bond acceptors (Lipinski definition) is 6. The summed E-state index contributed by atoms with van der Waals surface area (Å²) in [5.41, 5.74) is 1.29. The Morgan fingerprint density at radius 1 is 1.17 bits per heavy atom. The molecule has 0 spiro atoms. The molecule has 1 N–H and O–H groups in total. The first kappa shape index (κ1) is 21.0. The maximum atomic E-state index is 12.9. The monoisotopic (exact) mass is 467 g/mol. The van der Waals surface area contributed by atoms with Crippen LogP contribution in [-0.2, 0) is 21.8 Å². The van der Waals surface area contributed by atoms with E-state index in [4.69, 9.17) is 16.3 Å². The minimum absolute atomic E-state index is 0.00400. The Morgan fingerprint density at radius 2 is 1.90 bits per heavy atom. The van der Waals surface area contributed by atoms with E-state index in [1.54, 1.807) is 25.2 Å². The number of amides is 1. The normalized spacial score (nSPS) is 15.4. The minimum Gasteiger partial charge on any atom is -0.379 e. The Bertz CT molecular complexity index is 1290. The summed E-state index contributed by atoms with van der Waals surface area (Å²) in [5, 5.41) is 2.86. The third kappa shape index (κ3) is 3.88. The number of nitrogens with zero attached hydrogens (tertiary/aromatic N) is 2. The van der Waals surface area contributed by atoms with Crippen LogP contribution < -0.4 is 10.2 Å². The summed E-state index contributed by atoms with van der Waals surface area (Å²) in [7, 11) is -2.08. The van der Waals surface area contributed by atoms with Gasteiger partial charge in [0.15, 0.2) is 0 Å². The maximum Gasteiger partial charge on any atom is 0.307 e. The number of benzene rings is 2. The molecule has 1 aliphatic heterocycles. The van der Waals surface area contributed by atoms with Gasteiger partial charge in [0, 0.05) is 25.8 Å². The van der Waals surface area contributed by atoms with Crippen molar-refractivity contribution < 1.29 is 17.9 Å². The first-order valence-electron chi connectivity index (χ1n) is 9.06. The molecule has 1 fully saturated rings. The van der Waals surface area contributed by atoms with Crippen LogP contribution in [-0.4, -0.2) is 49.5 Å². The zero-order chi connectivity index (χ0) is 21.5. The summed E-state index contributed by atoms with van der Waals surface area (Å²) < 4.78 is 34.5. The number of hydrogen-bond donors (Lipinski definition) is 1. The number of nitrogens with one attached hydrogen (secondary N) is 1. The first-order chi connectivity index (χ1) is 14.3.